The van der Waals surface area contributed by atoms with Crippen molar-refractivity contribution >= 4 is 5.97 Å². The van der Waals surface area contributed by atoms with Crippen LogP contribution >= 0.6 is 0 Å². The summed E-state index contributed by atoms with van der Waals surface area (Å²) in [5, 5.41) is 0. The van der Waals surface area contributed by atoms with Crippen LogP contribution in [0.5, 0.6) is 5.88 Å². The summed E-state index contributed by atoms with van der Waals surface area (Å²) in [7, 11) is 1.36. The topological polar surface area (TPSA) is 48.4 Å². The van der Waals surface area contributed by atoms with Gasteiger partial charge in [-0.15, -0.1) is 0 Å². The van der Waals surface area contributed by atoms with E-state index in [1.54, 1.807) is 12.3 Å². The van der Waals surface area contributed by atoms with Crippen LogP contribution in [0.1, 0.15) is 19.4 Å². The zero-order valence-corrected chi connectivity index (χ0v) is 9.19. The fraction of sp³-hybridized carbons (Fsp3) is 0.455. The van der Waals surface area contributed by atoms with Gasteiger partial charge in [-0.05, 0) is 19.9 Å². The van der Waals surface area contributed by atoms with E-state index in [2.05, 4.69) is 9.72 Å². The molecular weight excluding hydrogens is 194 g/mol. The number of ether oxygens (including phenoxy) is 2. The summed E-state index contributed by atoms with van der Waals surface area (Å²) in [5.74, 6) is 0.203. The average molecular weight is 209 g/mol. The van der Waals surface area contributed by atoms with E-state index in [1.807, 2.05) is 19.9 Å². The molecule has 0 aliphatic carbocycles. The first-order valence-corrected chi connectivity index (χ1v) is 4.81. The minimum absolute atomic E-state index is 0.0382. The van der Waals surface area contributed by atoms with E-state index in [4.69, 9.17) is 4.74 Å². The lowest BCUT2D eigenvalue weighted by atomic mass is 10.2. The highest BCUT2D eigenvalue weighted by Crippen LogP contribution is 2.16. The van der Waals surface area contributed by atoms with E-state index in [0.717, 1.165) is 5.56 Å². The number of esters is 1. The fourth-order valence-electron chi connectivity index (χ4n) is 1.12. The van der Waals surface area contributed by atoms with Crippen molar-refractivity contribution in [2.24, 2.45) is 0 Å². The van der Waals surface area contributed by atoms with Crippen LogP contribution in [0.2, 0.25) is 0 Å². The normalized spacial score (nSPS) is 10.1. The van der Waals surface area contributed by atoms with E-state index in [1.165, 1.54) is 7.11 Å². The van der Waals surface area contributed by atoms with Gasteiger partial charge < -0.3 is 9.47 Å². The van der Waals surface area contributed by atoms with Gasteiger partial charge >= 0.3 is 5.97 Å². The van der Waals surface area contributed by atoms with Gasteiger partial charge in [-0.25, -0.2) is 4.98 Å². The van der Waals surface area contributed by atoms with Crippen LogP contribution in [0.4, 0.5) is 0 Å². The standard InChI is InChI=1S/C11H15NO3/c1-8(2)15-11-9(5-4-6-12-11)7-10(13)14-3/h4-6,8H,7H2,1-3H3. The third kappa shape index (κ3) is 3.58. The Hall–Kier alpha value is -1.58. The van der Waals surface area contributed by atoms with Crippen molar-refractivity contribution in [3.63, 3.8) is 0 Å². The van der Waals surface area contributed by atoms with Crippen molar-refractivity contribution in [3.8, 4) is 5.88 Å². The first-order chi connectivity index (χ1) is 7.13. The molecule has 0 aliphatic rings. The highest BCUT2D eigenvalue weighted by molar-refractivity contribution is 5.73. The number of hydrogen-bond acceptors (Lipinski definition) is 4. The summed E-state index contributed by atoms with van der Waals surface area (Å²) >= 11 is 0. The molecule has 0 atom stereocenters. The zero-order chi connectivity index (χ0) is 11.3. The summed E-state index contributed by atoms with van der Waals surface area (Å²) in [6.07, 6.45) is 1.86. The molecule has 0 bridgehead atoms. The van der Waals surface area contributed by atoms with Gasteiger partial charge in [0.2, 0.25) is 5.88 Å². The maximum absolute atomic E-state index is 11.1. The number of aromatic nitrogens is 1. The van der Waals surface area contributed by atoms with E-state index in [0.29, 0.717) is 5.88 Å². The fourth-order valence-corrected chi connectivity index (χ4v) is 1.12. The third-order valence-electron chi connectivity index (χ3n) is 1.76. The Labute approximate surface area is 89.2 Å². The maximum Gasteiger partial charge on any atom is 0.310 e. The lowest BCUT2D eigenvalue weighted by Crippen LogP contribution is -2.11. The van der Waals surface area contributed by atoms with Gasteiger partial charge in [-0.3, -0.25) is 4.79 Å². The van der Waals surface area contributed by atoms with Crippen LogP contribution in [-0.4, -0.2) is 24.2 Å². The predicted octanol–water partition coefficient (Wildman–Crippen LogP) is 1.58. The molecular formula is C11H15NO3. The number of carbonyl (C=O) groups excluding carboxylic acids is 1. The van der Waals surface area contributed by atoms with Crippen molar-refractivity contribution in [2.75, 3.05) is 7.11 Å². The molecule has 4 nitrogen and oxygen atoms in total. The molecule has 0 aromatic carbocycles. The van der Waals surface area contributed by atoms with Crippen LogP contribution < -0.4 is 4.74 Å². The van der Waals surface area contributed by atoms with Gasteiger partial charge in [0.25, 0.3) is 0 Å². The first-order valence-electron chi connectivity index (χ1n) is 4.81. The number of methoxy groups -OCH3 is 1. The molecule has 0 unspecified atom stereocenters. The molecule has 0 radical (unpaired) electrons. The second-order valence-electron chi connectivity index (χ2n) is 3.39. The van der Waals surface area contributed by atoms with Gasteiger partial charge in [-0.2, -0.15) is 0 Å². The molecule has 0 aliphatic heterocycles. The Kier molecular flexibility index (Phi) is 4.09. The molecule has 82 valence electrons. The largest absolute Gasteiger partial charge is 0.475 e. The van der Waals surface area contributed by atoms with Gasteiger partial charge in [0.05, 0.1) is 19.6 Å². The molecule has 0 N–H and O–H groups in total. The molecule has 0 saturated heterocycles. The summed E-state index contributed by atoms with van der Waals surface area (Å²) in [4.78, 5) is 15.2. The van der Waals surface area contributed by atoms with Crippen molar-refractivity contribution < 1.29 is 14.3 Å². The Bertz CT molecular complexity index is 336. The van der Waals surface area contributed by atoms with Gasteiger partial charge in [-0.1, -0.05) is 6.07 Å². The van der Waals surface area contributed by atoms with Crippen molar-refractivity contribution in [3.05, 3.63) is 23.9 Å². The minimum atomic E-state index is -0.295. The Morgan fingerprint density at radius 1 is 1.53 bits per heavy atom. The first kappa shape index (κ1) is 11.5. The lowest BCUT2D eigenvalue weighted by Gasteiger charge is -2.11. The van der Waals surface area contributed by atoms with E-state index < -0.39 is 0 Å². The lowest BCUT2D eigenvalue weighted by molar-refractivity contribution is -0.139. The number of nitrogens with zero attached hydrogens (tertiary/aromatic N) is 1. The number of carbonyl (C=O) groups is 1. The summed E-state index contributed by atoms with van der Waals surface area (Å²) in [5.41, 5.74) is 0.748. The Morgan fingerprint density at radius 2 is 2.27 bits per heavy atom. The molecule has 4 heteroatoms. The number of pyridine rings is 1. The van der Waals surface area contributed by atoms with Crippen molar-refractivity contribution in [1.82, 2.24) is 4.98 Å². The molecule has 0 spiro atoms. The van der Waals surface area contributed by atoms with Gasteiger partial charge in [0.1, 0.15) is 0 Å². The third-order valence-corrected chi connectivity index (χ3v) is 1.76. The second kappa shape index (κ2) is 5.34. The van der Waals surface area contributed by atoms with E-state index >= 15 is 0 Å². The average Bonchev–Trinajstić information content (AvgIpc) is 2.20. The molecule has 0 amide bonds. The van der Waals surface area contributed by atoms with Crippen LogP contribution in [-0.2, 0) is 16.0 Å². The van der Waals surface area contributed by atoms with Crippen LogP contribution in [0.3, 0.4) is 0 Å². The monoisotopic (exact) mass is 209 g/mol. The molecule has 1 aromatic rings. The molecule has 1 aromatic heterocycles. The SMILES string of the molecule is COC(=O)Cc1cccnc1OC(C)C. The predicted molar refractivity (Wildman–Crippen MR) is 55.7 cm³/mol. The maximum atomic E-state index is 11.1. The summed E-state index contributed by atoms with van der Waals surface area (Å²) in [6.45, 7) is 3.83. The summed E-state index contributed by atoms with van der Waals surface area (Å²) in [6, 6.07) is 3.58. The molecule has 0 saturated carbocycles. The number of hydrogen-bond donors (Lipinski definition) is 0. The second-order valence-corrected chi connectivity index (χ2v) is 3.39. The van der Waals surface area contributed by atoms with E-state index in [9.17, 15) is 4.79 Å². The van der Waals surface area contributed by atoms with Crippen LogP contribution in [0.25, 0.3) is 0 Å². The van der Waals surface area contributed by atoms with Gasteiger partial charge in [0, 0.05) is 11.8 Å². The Balaban J connectivity index is 2.81. The highest BCUT2D eigenvalue weighted by Gasteiger charge is 2.10. The van der Waals surface area contributed by atoms with Crippen molar-refractivity contribution in [2.45, 2.75) is 26.4 Å². The van der Waals surface area contributed by atoms with Crippen LogP contribution in [0, 0.1) is 0 Å². The van der Waals surface area contributed by atoms with E-state index in [-0.39, 0.29) is 18.5 Å². The van der Waals surface area contributed by atoms with Gasteiger partial charge in [0.15, 0.2) is 0 Å². The molecule has 15 heavy (non-hydrogen) atoms. The van der Waals surface area contributed by atoms with Crippen LogP contribution in [0.15, 0.2) is 18.3 Å². The molecule has 1 rings (SSSR count). The highest BCUT2D eigenvalue weighted by atomic mass is 16.5. The smallest absolute Gasteiger partial charge is 0.310 e. The molecule has 1 heterocycles. The quantitative estimate of drug-likeness (QED) is 0.706. The zero-order valence-electron chi connectivity index (χ0n) is 9.19. The summed E-state index contributed by atoms with van der Waals surface area (Å²) < 4.78 is 10.1. The van der Waals surface area contributed by atoms with Crippen molar-refractivity contribution in [1.29, 1.82) is 0 Å². The Morgan fingerprint density at radius 3 is 2.87 bits per heavy atom. The number of rotatable bonds is 4. The minimum Gasteiger partial charge on any atom is -0.475 e. The molecule has 0 fully saturated rings.